The Hall–Kier alpha value is -2.63. The first-order valence-electron chi connectivity index (χ1n) is 7.00. The molecule has 0 bridgehead atoms. The maximum absolute atomic E-state index is 13.5. The Kier molecular flexibility index (Phi) is 5.51. The zero-order chi connectivity index (χ0) is 16.8. The van der Waals surface area contributed by atoms with E-state index in [1.54, 1.807) is 18.2 Å². The second-order valence-corrected chi connectivity index (χ2v) is 4.83. The summed E-state index contributed by atoms with van der Waals surface area (Å²) in [5, 5.41) is 2.26. The number of carbonyl (C=O) groups is 1. The lowest BCUT2D eigenvalue weighted by Crippen LogP contribution is -2.14. The van der Waals surface area contributed by atoms with Crippen LogP contribution in [0, 0.1) is 11.6 Å². The quantitative estimate of drug-likeness (QED) is 0.885. The highest BCUT2D eigenvalue weighted by Gasteiger charge is 2.12. The molecule has 23 heavy (non-hydrogen) atoms. The fraction of sp³-hybridized carbons (Fsp3) is 0.235. The maximum atomic E-state index is 13.5. The smallest absolute Gasteiger partial charge is 0.224 e. The summed E-state index contributed by atoms with van der Waals surface area (Å²) in [6.07, 6.45) is 0.492. The average molecular weight is 321 g/mol. The van der Waals surface area contributed by atoms with Crippen LogP contribution in [0.5, 0.6) is 11.5 Å². The summed E-state index contributed by atoms with van der Waals surface area (Å²) in [4.78, 5) is 11.9. The number of benzene rings is 2. The number of hydrogen-bond acceptors (Lipinski definition) is 3. The second-order valence-electron chi connectivity index (χ2n) is 4.83. The van der Waals surface area contributed by atoms with Crippen molar-refractivity contribution in [3.8, 4) is 11.5 Å². The number of amides is 1. The molecular weight excluding hydrogens is 304 g/mol. The van der Waals surface area contributed by atoms with E-state index >= 15 is 0 Å². The SMILES string of the molecule is COc1ccc(CCC(=O)Nc2c(F)cccc2F)cc1OC. The minimum absolute atomic E-state index is 0.0866. The van der Waals surface area contributed by atoms with E-state index in [-0.39, 0.29) is 6.42 Å². The molecule has 2 aromatic carbocycles. The fourth-order valence-electron chi connectivity index (χ4n) is 2.11. The number of nitrogens with one attached hydrogen (secondary N) is 1. The van der Waals surface area contributed by atoms with Gasteiger partial charge in [-0.05, 0) is 36.2 Å². The van der Waals surface area contributed by atoms with Crippen LogP contribution in [0.3, 0.4) is 0 Å². The molecule has 0 fully saturated rings. The standard InChI is InChI=1S/C17H17F2NO3/c1-22-14-8-6-11(10-15(14)23-2)7-9-16(21)20-17-12(18)4-3-5-13(17)19/h3-6,8,10H,7,9H2,1-2H3,(H,20,21). The second kappa shape index (κ2) is 7.58. The number of anilines is 1. The molecule has 0 spiro atoms. The molecule has 4 nitrogen and oxygen atoms in total. The fourth-order valence-corrected chi connectivity index (χ4v) is 2.11. The Bertz CT molecular complexity index is 684. The van der Waals surface area contributed by atoms with Gasteiger partial charge >= 0.3 is 0 Å². The van der Waals surface area contributed by atoms with E-state index in [4.69, 9.17) is 9.47 Å². The Labute approximate surface area is 133 Å². The van der Waals surface area contributed by atoms with Crippen LogP contribution in [-0.4, -0.2) is 20.1 Å². The van der Waals surface area contributed by atoms with E-state index < -0.39 is 23.2 Å². The first-order valence-corrected chi connectivity index (χ1v) is 7.00. The minimum Gasteiger partial charge on any atom is -0.493 e. The molecule has 0 aromatic heterocycles. The highest BCUT2D eigenvalue weighted by atomic mass is 19.1. The minimum atomic E-state index is -0.801. The summed E-state index contributed by atoms with van der Waals surface area (Å²) < 4.78 is 37.3. The zero-order valence-electron chi connectivity index (χ0n) is 12.9. The molecule has 1 N–H and O–H groups in total. The van der Waals surface area contributed by atoms with Crippen molar-refractivity contribution in [1.29, 1.82) is 0 Å². The van der Waals surface area contributed by atoms with Gasteiger partial charge in [0.1, 0.15) is 17.3 Å². The van der Waals surface area contributed by atoms with Crippen molar-refractivity contribution in [2.75, 3.05) is 19.5 Å². The zero-order valence-corrected chi connectivity index (χ0v) is 12.9. The van der Waals surface area contributed by atoms with E-state index in [2.05, 4.69) is 5.32 Å². The van der Waals surface area contributed by atoms with Crippen molar-refractivity contribution in [1.82, 2.24) is 0 Å². The van der Waals surface area contributed by atoms with Crippen molar-refractivity contribution in [2.24, 2.45) is 0 Å². The number of ether oxygens (including phenoxy) is 2. The lowest BCUT2D eigenvalue weighted by atomic mass is 10.1. The predicted molar refractivity (Wildman–Crippen MR) is 82.9 cm³/mol. The van der Waals surface area contributed by atoms with Gasteiger partial charge in [0.25, 0.3) is 0 Å². The number of para-hydroxylation sites is 1. The first-order chi connectivity index (χ1) is 11.0. The van der Waals surface area contributed by atoms with Crippen molar-refractivity contribution in [2.45, 2.75) is 12.8 Å². The van der Waals surface area contributed by atoms with Crippen LogP contribution in [0.1, 0.15) is 12.0 Å². The van der Waals surface area contributed by atoms with Gasteiger partial charge in [-0.3, -0.25) is 4.79 Å². The van der Waals surface area contributed by atoms with Gasteiger partial charge in [0.05, 0.1) is 14.2 Å². The Morgan fingerprint density at radius 3 is 2.30 bits per heavy atom. The molecule has 0 saturated carbocycles. The van der Waals surface area contributed by atoms with Crippen molar-refractivity contribution in [3.63, 3.8) is 0 Å². The molecule has 6 heteroatoms. The average Bonchev–Trinajstić information content (AvgIpc) is 2.56. The van der Waals surface area contributed by atoms with E-state index in [1.807, 2.05) is 0 Å². The molecule has 1 amide bonds. The highest BCUT2D eigenvalue weighted by molar-refractivity contribution is 5.91. The van der Waals surface area contributed by atoms with Gasteiger partial charge in [-0.2, -0.15) is 0 Å². The number of halogens is 2. The third kappa shape index (κ3) is 4.18. The van der Waals surface area contributed by atoms with Gasteiger partial charge in [-0.15, -0.1) is 0 Å². The lowest BCUT2D eigenvalue weighted by molar-refractivity contribution is -0.116. The van der Waals surface area contributed by atoms with Crippen molar-refractivity contribution in [3.05, 3.63) is 53.6 Å². The molecule has 0 aliphatic heterocycles. The predicted octanol–water partition coefficient (Wildman–Crippen LogP) is 3.55. The van der Waals surface area contributed by atoms with Gasteiger partial charge in [0.2, 0.25) is 5.91 Å². The third-order valence-electron chi connectivity index (χ3n) is 3.32. The van der Waals surface area contributed by atoms with Crippen molar-refractivity contribution >= 4 is 11.6 Å². The first kappa shape index (κ1) is 16.7. The lowest BCUT2D eigenvalue weighted by Gasteiger charge is -2.10. The number of carbonyl (C=O) groups excluding carboxylic acids is 1. The van der Waals surface area contributed by atoms with E-state index in [9.17, 15) is 13.6 Å². The molecule has 0 radical (unpaired) electrons. The number of methoxy groups -OCH3 is 2. The van der Waals surface area contributed by atoms with Crippen LogP contribution >= 0.6 is 0 Å². The summed E-state index contributed by atoms with van der Waals surface area (Å²) in [5.41, 5.74) is 0.427. The monoisotopic (exact) mass is 321 g/mol. The van der Waals surface area contributed by atoms with Crippen LogP contribution in [0.25, 0.3) is 0 Å². The van der Waals surface area contributed by atoms with Gasteiger partial charge in [0, 0.05) is 6.42 Å². The van der Waals surface area contributed by atoms with Crippen LogP contribution in [0.15, 0.2) is 36.4 Å². The molecule has 2 aromatic rings. The molecular formula is C17H17F2NO3. The number of aryl methyl sites for hydroxylation is 1. The van der Waals surface area contributed by atoms with E-state index in [1.165, 1.54) is 20.3 Å². The van der Waals surface area contributed by atoms with Gasteiger partial charge in [-0.1, -0.05) is 12.1 Å². The van der Waals surface area contributed by atoms with Crippen LogP contribution in [0.4, 0.5) is 14.5 Å². The van der Waals surface area contributed by atoms with E-state index in [0.29, 0.717) is 17.9 Å². The van der Waals surface area contributed by atoms with Crippen molar-refractivity contribution < 1.29 is 23.0 Å². The van der Waals surface area contributed by atoms with Gasteiger partial charge in [-0.25, -0.2) is 8.78 Å². The maximum Gasteiger partial charge on any atom is 0.224 e. The molecule has 0 aliphatic rings. The van der Waals surface area contributed by atoms with Gasteiger partial charge < -0.3 is 14.8 Å². The van der Waals surface area contributed by atoms with Crippen LogP contribution < -0.4 is 14.8 Å². The Morgan fingerprint density at radius 1 is 1.04 bits per heavy atom. The molecule has 0 unspecified atom stereocenters. The van der Waals surface area contributed by atoms with Gasteiger partial charge in [0.15, 0.2) is 11.5 Å². The molecule has 0 aliphatic carbocycles. The topological polar surface area (TPSA) is 47.6 Å². The Morgan fingerprint density at radius 2 is 1.70 bits per heavy atom. The molecule has 0 heterocycles. The van der Waals surface area contributed by atoms with E-state index in [0.717, 1.165) is 17.7 Å². The third-order valence-corrected chi connectivity index (χ3v) is 3.32. The summed E-state index contributed by atoms with van der Waals surface area (Å²) in [5.74, 6) is -0.919. The highest BCUT2D eigenvalue weighted by Crippen LogP contribution is 2.28. The molecule has 2 rings (SSSR count). The summed E-state index contributed by atoms with van der Waals surface area (Å²) in [6, 6.07) is 8.72. The largest absolute Gasteiger partial charge is 0.493 e. The summed E-state index contributed by atoms with van der Waals surface area (Å²) >= 11 is 0. The van der Waals surface area contributed by atoms with Crippen LogP contribution in [-0.2, 0) is 11.2 Å². The van der Waals surface area contributed by atoms with Crippen LogP contribution in [0.2, 0.25) is 0 Å². The summed E-state index contributed by atoms with van der Waals surface area (Å²) in [7, 11) is 3.06. The Balaban J connectivity index is 1.99. The molecule has 122 valence electrons. The summed E-state index contributed by atoms with van der Waals surface area (Å²) in [6.45, 7) is 0. The number of rotatable bonds is 6. The molecule has 0 atom stereocenters. The normalized spacial score (nSPS) is 10.3. The number of hydrogen-bond donors (Lipinski definition) is 1. The molecule has 0 saturated heterocycles.